The fourth-order valence-corrected chi connectivity index (χ4v) is 0.908. The minimum atomic E-state index is -0.614. The van der Waals surface area contributed by atoms with Crippen molar-refractivity contribution in [1.29, 1.82) is 0 Å². The Bertz CT molecular complexity index is 253. The van der Waals surface area contributed by atoms with E-state index in [-0.39, 0.29) is 17.3 Å². The Morgan fingerprint density at radius 1 is 1.33 bits per heavy atom. The average molecular weight is 214 g/mol. The van der Waals surface area contributed by atoms with Crippen molar-refractivity contribution in [2.24, 2.45) is 5.92 Å². The number of carbonyl (C=O) groups excluding carboxylic acids is 2. The summed E-state index contributed by atoms with van der Waals surface area (Å²) in [7, 11) is 1.39. The standard InChI is InChI=1S/C11H18O4/c1-5-6-15-11(13)9(7-14-4)10(12)8(2)3/h7-8H,5-6H2,1-4H3. The normalized spacial score (nSPS) is 11.4. The van der Waals surface area contributed by atoms with Gasteiger partial charge in [0.05, 0.1) is 13.7 Å². The number of carbonyl (C=O) groups is 2. The van der Waals surface area contributed by atoms with E-state index in [1.165, 1.54) is 7.11 Å². The summed E-state index contributed by atoms with van der Waals surface area (Å²) >= 11 is 0. The molecule has 0 aromatic rings. The number of methoxy groups -OCH3 is 1. The summed E-state index contributed by atoms with van der Waals surface area (Å²) in [4.78, 5) is 23.0. The molecule has 0 N–H and O–H groups in total. The van der Waals surface area contributed by atoms with Crippen LogP contribution in [0.15, 0.2) is 11.8 Å². The third-order valence-corrected chi connectivity index (χ3v) is 1.68. The molecule has 4 heteroatoms. The van der Waals surface area contributed by atoms with Crippen molar-refractivity contribution in [1.82, 2.24) is 0 Å². The number of hydrogen-bond acceptors (Lipinski definition) is 4. The first kappa shape index (κ1) is 13.7. The van der Waals surface area contributed by atoms with Crippen LogP contribution in [0, 0.1) is 5.92 Å². The second-order valence-electron chi connectivity index (χ2n) is 3.42. The van der Waals surface area contributed by atoms with Gasteiger partial charge in [-0.15, -0.1) is 0 Å². The molecule has 0 aliphatic rings. The molecule has 0 aliphatic heterocycles. The van der Waals surface area contributed by atoms with E-state index >= 15 is 0 Å². The quantitative estimate of drug-likeness (QED) is 0.222. The van der Waals surface area contributed by atoms with Gasteiger partial charge in [0.2, 0.25) is 0 Å². The van der Waals surface area contributed by atoms with E-state index in [1.54, 1.807) is 13.8 Å². The van der Waals surface area contributed by atoms with Crippen LogP contribution in [0.25, 0.3) is 0 Å². The average Bonchev–Trinajstić information content (AvgIpc) is 2.21. The van der Waals surface area contributed by atoms with E-state index in [0.717, 1.165) is 12.7 Å². The third-order valence-electron chi connectivity index (χ3n) is 1.68. The fourth-order valence-electron chi connectivity index (χ4n) is 0.908. The number of rotatable bonds is 6. The summed E-state index contributed by atoms with van der Waals surface area (Å²) in [6.07, 6.45) is 1.86. The Labute approximate surface area is 90.2 Å². The van der Waals surface area contributed by atoms with E-state index in [9.17, 15) is 9.59 Å². The van der Waals surface area contributed by atoms with Crippen LogP contribution in [-0.4, -0.2) is 25.5 Å². The lowest BCUT2D eigenvalue weighted by Gasteiger charge is -2.08. The number of Topliss-reactive ketones (excluding diaryl/α,β-unsaturated/α-hetero) is 1. The molecule has 0 aliphatic carbocycles. The first-order valence-corrected chi connectivity index (χ1v) is 4.98. The lowest BCUT2D eigenvalue weighted by atomic mass is 10.0. The van der Waals surface area contributed by atoms with Crippen LogP contribution < -0.4 is 0 Å². The first-order chi connectivity index (χ1) is 7.04. The zero-order valence-corrected chi connectivity index (χ0v) is 9.70. The van der Waals surface area contributed by atoms with Gasteiger partial charge in [0, 0.05) is 5.92 Å². The SMILES string of the molecule is CCCOC(=O)C(=COC)C(=O)C(C)C. The van der Waals surface area contributed by atoms with E-state index in [1.807, 2.05) is 6.92 Å². The molecule has 0 saturated heterocycles. The molecule has 0 aromatic heterocycles. The molecular formula is C11H18O4. The topological polar surface area (TPSA) is 52.6 Å². The Morgan fingerprint density at radius 2 is 1.93 bits per heavy atom. The van der Waals surface area contributed by atoms with Crippen molar-refractivity contribution in [2.45, 2.75) is 27.2 Å². The molecule has 0 spiro atoms. The molecule has 0 atom stereocenters. The largest absolute Gasteiger partial charge is 0.503 e. The minimum absolute atomic E-state index is 0.0269. The van der Waals surface area contributed by atoms with Crippen LogP contribution in [0.3, 0.4) is 0 Å². The number of esters is 1. The van der Waals surface area contributed by atoms with E-state index < -0.39 is 5.97 Å². The van der Waals surface area contributed by atoms with Crippen LogP contribution in [0.4, 0.5) is 0 Å². The lowest BCUT2D eigenvalue weighted by molar-refractivity contribution is -0.141. The predicted molar refractivity (Wildman–Crippen MR) is 56.2 cm³/mol. The minimum Gasteiger partial charge on any atom is -0.503 e. The third kappa shape index (κ3) is 4.63. The van der Waals surface area contributed by atoms with Crippen molar-refractivity contribution in [3.8, 4) is 0 Å². The smallest absolute Gasteiger partial charge is 0.344 e. The van der Waals surface area contributed by atoms with E-state index in [0.29, 0.717) is 6.61 Å². The first-order valence-electron chi connectivity index (χ1n) is 4.98. The molecular weight excluding hydrogens is 196 g/mol. The maximum absolute atomic E-state index is 11.6. The lowest BCUT2D eigenvalue weighted by Crippen LogP contribution is -2.20. The van der Waals surface area contributed by atoms with Crippen LogP contribution >= 0.6 is 0 Å². The fraction of sp³-hybridized carbons (Fsp3) is 0.636. The molecule has 0 bridgehead atoms. The number of ether oxygens (including phenoxy) is 2. The van der Waals surface area contributed by atoms with Gasteiger partial charge in [-0.3, -0.25) is 4.79 Å². The van der Waals surface area contributed by atoms with Gasteiger partial charge in [0.1, 0.15) is 11.8 Å². The summed E-state index contributed by atoms with van der Waals surface area (Å²) in [6, 6.07) is 0. The summed E-state index contributed by atoms with van der Waals surface area (Å²) in [5.41, 5.74) is -0.0269. The molecule has 0 unspecified atom stereocenters. The molecule has 0 amide bonds. The van der Waals surface area contributed by atoms with Crippen LogP contribution in [0.1, 0.15) is 27.2 Å². The molecule has 0 fully saturated rings. The number of hydrogen-bond donors (Lipinski definition) is 0. The molecule has 0 saturated carbocycles. The number of ketones is 1. The second-order valence-corrected chi connectivity index (χ2v) is 3.42. The molecule has 0 radical (unpaired) electrons. The highest BCUT2D eigenvalue weighted by molar-refractivity contribution is 6.17. The maximum Gasteiger partial charge on any atom is 0.344 e. The van der Waals surface area contributed by atoms with Gasteiger partial charge in [-0.25, -0.2) is 4.79 Å². The van der Waals surface area contributed by atoms with Gasteiger partial charge in [-0.2, -0.15) is 0 Å². The molecule has 4 nitrogen and oxygen atoms in total. The highest BCUT2D eigenvalue weighted by Gasteiger charge is 2.22. The Hall–Kier alpha value is -1.32. The summed E-state index contributed by atoms with van der Waals surface area (Å²) < 4.78 is 9.56. The molecule has 86 valence electrons. The highest BCUT2D eigenvalue weighted by atomic mass is 16.5. The van der Waals surface area contributed by atoms with Crippen LogP contribution in [0.2, 0.25) is 0 Å². The summed E-state index contributed by atoms with van der Waals surface area (Å²) in [6.45, 7) is 5.64. The molecule has 15 heavy (non-hydrogen) atoms. The van der Waals surface area contributed by atoms with Crippen LogP contribution in [-0.2, 0) is 19.1 Å². The molecule has 0 rings (SSSR count). The van der Waals surface area contributed by atoms with Crippen molar-refractivity contribution in [3.63, 3.8) is 0 Å². The van der Waals surface area contributed by atoms with Crippen molar-refractivity contribution >= 4 is 11.8 Å². The van der Waals surface area contributed by atoms with Gasteiger partial charge in [-0.1, -0.05) is 20.8 Å². The predicted octanol–water partition coefficient (Wildman–Crippen LogP) is 1.70. The van der Waals surface area contributed by atoms with Crippen molar-refractivity contribution in [3.05, 3.63) is 11.8 Å². The Morgan fingerprint density at radius 3 is 2.33 bits per heavy atom. The van der Waals surface area contributed by atoms with Crippen molar-refractivity contribution in [2.75, 3.05) is 13.7 Å². The maximum atomic E-state index is 11.6. The highest BCUT2D eigenvalue weighted by Crippen LogP contribution is 2.08. The van der Waals surface area contributed by atoms with Gasteiger partial charge in [0.15, 0.2) is 5.78 Å². The second kappa shape index (κ2) is 7.04. The zero-order chi connectivity index (χ0) is 11.8. The van der Waals surface area contributed by atoms with Crippen LogP contribution in [0.5, 0.6) is 0 Å². The Kier molecular flexibility index (Phi) is 6.42. The van der Waals surface area contributed by atoms with E-state index in [4.69, 9.17) is 9.47 Å². The zero-order valence-electron chi connectivity index (χ0n) is 9.70. The van der Waals surface area contributed by atoms with Gasteiger partial charge in [-0.05, 0) is 6.42 Å². The van der Waals surface area contributed by atoms with Gasteiger partial charge in [0.25, 0.3) is 0 Å². The van der Waals surface area contributed by atoms with Gasteiger partial charge >= 0.3 is 5.97 Å². The monoisotopic (exact) mass is 214 g/mol. The van der Waals surface area contributed by atoms with Crippen molar-refractivity contribution < 1.29 is 19.1 Å². The Balaban J connectivity index is 4.60. The van der Waals surface area contributed by atoms with Gasteiger partial charge < -0.3 is 9.47 Å². The summed E-state index contributed by atoms with van der Waals surface area (Å²) in [5, 5.41) is 0. The molecule has 0 heterocycles. The summed E-state index contributed by atoms with van der Waals surface area (Å²) in [5.74, 6) is -1.13. The molecule has 0 aromatic carbocycles. The van der Waals surface area contributed by atoms with E-state index in [2.05, 4.69) is 0 Å².